The Morgan fingerprint density at radius 2 is 1.29 bits per heavy atom. The normalized spacial score (nSPS) is 12.0. The van der Waals surface area contributed by atoms with Gasteiger partial charge in [0.15, 0.2) is 0 Å². The zero-order valence-corrected chi connectivity index (χ0v) is 12.6. The molecular weight excluding hydrogens is 208 g/mol. The second-order valence-corrected chi connectivity index (χ2v) is 6.05. The summed E-state index contributed by atoms with van der Waals surface area (Å²) in [6.45, 7) is 12.2. The van der Waals surface area contributed by atoms with Gasteiger partial charge in [0.2, 0.25) is 0 Å². The van der Waals surface area contributed by atoms with Gasteiger partial charge in [0.1, 0.15) is 0 Å². The first-order valence-corrected chi connectivity index (χ1v) is 7.52. The molecule has 0 rings (SSSR count). The predicted octanol–water partition coefficient (Wildman–Crippen LogP) is 3.71. The molecule has 0 spiro atoms. The highest BCUT2D eigenvalue weighted by molar-refractivity contribution is 4.70. The molecule has 17 heavy (non-hydrogen) atoms. The van der Waals surface area contributed by atoms with Crippen LogP contribution in [0.15, 0.2) is 0 Å². The summed E-state index contributed by atoms with van der Waals surface area (Å²) < 4.78 is 0. The van der Waals surface area contributed by atoms with Crippen molar-refractivity contribution in [3.8, 4) is 0 Å². The van der Waals surface area contributed by atoms with Gasteiger partial charge in [-0.3, -0.25) is 0 Å². The summed E-state index contributed by atoms with van der Waals surface area (Å²) in [5, 5.41) is 6.98. The van der Waals surface area contributed by atoms with E-state index in [-0.39, 0.29) is 5.54 Å². The summed E-state index contributed by atoms with van der Waals surface area (Å²) in [5.74, 6) is 0. The topological polar surface area (TPSA) is 24.1 Å². The summed E-state index contributed by atoms with van der Waals surface area (Å²) in [4.78, 5) is 0. The Bertz CT molecular complexity index is 149. The molecule has 0 aromatic heterocycles. The summed E-state index contributed by atoms with van der Waals surface area (Å²) in [6.07, 6.45) is 9.77. The fourth-order valence-corrected chi connectivity index (χ4v) is 1.86. The minimum absolute atomic E-state index is 0.251. The lowest BCUT2D eigenvalue weighted by Gasteiger charge is -2.20. The van der Waals surface area contributed by atoms with Crippen molar-refractivity contribution in [3.63, 3.8) is 0 Å². The third kappa shape index (κ3) is 15.9. The Hall–Kier alpha value is -0.0800. The van der Waals surface area contributed by atoms with Crippen molar-refractivity contribution in [1.82, 2.24) is 10.6 Å². The average molecular weight is 242 g/mol. The SMILES string of the molecule is CCCCCCCCCNCCNC(C)(C)C. The molecule has 0 heterocycles. The molecular formula is C15H34N2. The maximum Gasteiger partial charge on any atom is 0.00970 e. The summed E-state index contributed by atoms with van der Waals surface area (Å²) >= 11 is 0. The van der Waals surface area contributed by atoms with E-state index in [1.165, 1.54) is 51.5 Å². The van der Waals surface area contributed by atoms with Gasteiger partial charge in [-0.1, -0.05) is 45.4 Å². The number of nitrogens with one attached hydrogen (secondary N) is 2. The molecule has 0 fully saturated rings. The molecule has 0 aliphatic rings. The highest BCUT2D eigenvalue weighted by atomic mass is 15.0. The van der Waals surface area contributed by atoms with Crippen LogP contribution in [-0.4, -0.2) is 25.2 Å². The summed E-state index contributed by atoms with van der Waals surface area (Å²) in [6, 6.07) is 0. The first-order valence-electron chi connectivity index (χ1n) is 7.52. The second-order valence-electron chi connectivity index (χ2n) is 6.05. The van der Waals surface area contributed by atoms with Crippen molar-refractivity contribution in [2.45, 2.75) is 78.2 Å². The molecule has 0 saturated carbocycles. The zero-order valence-electron chi connectivity index (χ0n) is 12.6. The van der Waals surface area contributed by atoms with Crippen LogP contribution in [0.25, 0.3) is 0 Å². The van der Waals surface area contributed by atoms with Crippen molar-refractivity contribution < 1.29 is 0 Å². The molecule has 0 radical (unpaired) electrons. The van der Waals surface area contributed by atoms with Crippen molar-refractivity contribution in [1.29, 1.82) is 0 Å². The highest BCUT2D eigenvalue weighted by Crippen LogP contribution is 2.06. The van der Waals surface area contributed by atoms with E-state index in [2.05, 4.69) is 38.3 Å². The van der Waals surface area contributed by atoms with Gasteiger partial charge >= 0.3 is 0 Å². The molecule has 2 nitrogen and oxygen atoms in total. The van der Waals surface area contributed by atoms with E-state index >= 15 is 0 Å². The average Bonchev–Trinajstić information content (AvgIpc) is 2.24. The van der Waals surface area contributed by atoms with Gasteiger partial charge in [0.25, 0.3) is 0 Å². The van der Waals surface area contributed by atoms with Crippen LogP contribution in [-0.2, 0) is 0 Å². The minimum atomic E-state index is 0.251. The highest BCUT2D eigenvalue weighted by Gasteiger charge is 2.06. The van der Waals surface area contributed by atoms with Crippen LogP contribution in [0.2, 0.25) is 0 Å². The van der Waals surface area contributed by atoms with E-state index in [0.717, 1.165) is 13.1 Å². The molecule has 0 aliphatic heterocycles. The molecule has 2 N–H and O–H groups in total. The van der Waals surface area contributed by atoms with Crippen molar-refractivity contribution in [2.24, 2.45) is 0 Å². The summed E-state index contributed by atoms with van der Waals surface area (Å²) in [7, 11) is 0. The first-order chi connectivity index (χ1) is 8.06. The molecule has 0 amide bonds. The lowest BCUT2D eigenvalue weighted by molar-refractivity contribution is 0.420. The van der Waals surface area contributed by atoms with Crippen LogP contribution >= 0.6 is 0 Å². The quantitative estimate of drug-likeness (QED) is 0.540. The van der Waals surface area contributed by atoms with Gasteiger partial charge in [0.05, 0.1) is 0 Å². The Morgan fingerprint density at radius 3 is 1.88 bits per heavy atom. The first kappa shape index (κ1) is 16.9. The molecule has 0 aliphatic carbocycles. The maximum absolute atomic E-state index is 3.50. The smallest absolute Gasteiger partial charge is 0.00970 e. The van der Waals surface area contributed by atoms with Gasteiger partial charge in [-0.2, -0.15) is 0 Å². The van der Waals surface area contributed by atoms with E-state index in [1.54, 1.807) is 0 Å². The zero-order chi connectivity index (χ0) is 13.0. The van der Waals surface area contributed by atoms with Crippen molar-refractivity contribution in [2.75, 3.05) is 19.6 Å². The maximum atomic E-state index is 3.50. The van der Waals surface area contributed by atoms with Gasteiger partial charge in [-0.05, 0) is 33.7 Å². The van der Waals surface area contributed by atoms with E-state index in [1.807, 2.05) is 0 Å². The molecule has 0 unspecified atom stereocenters. The fourth-order valence-electron chi connectivity index (χ4n) is 1.86. The molecule has 0 aromatic carbocycles. The lowest BCUT2D eigenvalue weighted by Crippen LogP contribution is -2.40. The van der Waals surface area contributed by atoms with Gasteiger partial charge in [-0.25, -0.2) is 0 Å². The van der Waals surface area contributed by atoms with Crippen LogP contribution in [0, 0.1) is 0 Å². The number of rotatable bonds is 11. The summed E-state index contributed by atoms with van der Waals surface area (Å²) in [5.41, 5.74) is 0.251. The monoisotopic (exact) mass is 242 g/mol. The van der Waals surface area contributed by atoms with Crippen LogP contribution < -0.4 is 10.6 Å². The van der Waals surface area contributed by atoms with Crippen LogP contribution in [0.3, 0.4) is 0 Å². The lowest BCUT2D eigenvalue weighted by atomic mass is 10.1. The minimum Gasteiger partial charge on any atom is -0.315 e. The van der Waals surface area contributed by atoms with E-state index in [9.17, 15) is 0 Å². The molecule has 104 valence electrons. The number of hydrogen-bond acceptors (Lipinski definition) is 2. The fraction of sp³-hybridized carbons (Fsp3) is 1.00. The van der Waals surface area contributed by atoms with Gasteiger partial charge < -0.3 is 10.6 Å². The van der Waals surface area contributed by atoms with Crippen molar-refractivity contribution in [3.05, 3.63) is 0 Å². The Morgan fingerprint density at radius 1 is 0.706 bits per heavy atom. The second kappa shape index (κ2) is 11.0. The Kier molecular flexibility index (Phi) is 11.0. The largest absolute Gasteiger partial charge is 0.315 e. The number of hydrogen-bond donors (Lipinski definition) is 2. The Balaban J connectivity index is 2.99. The molecule has 2 heteroatoms. The van der Waals surface area contributed by atoms with Crippen LogP contribution in [0.1, 0.15) is 72.6 Å². The molecule has 0 saturated heterocycles. The van der Waals surface area contributed by atoms with Gasteiger partial charge in [-0.15, -0.1) is 0 Å². The van der Waals surface area contributed by atoms with E-state index < -0.39 is 0 Å². The van der Waals surface area contributed by atoms with E-state index in [0.29, 0.717) is 0 Å². The third-order valence-electron chi connectivity index (χ3n) is 2.91. The van der Waals surface area contributed by atoms with E-state index in [4.69, 9.17) is 0 Å². The van der Waals surface area contributed by atoms with Crippen molar-refractivity contribution >= 4 is 0 Å². The van der Waals surface area contributed by atoms with Crippen LogP contribution in [0.4, 0.5) is 0 Å². The third-order valence-corrected chi connectivity index (χ3v) is 2.91. The predicted molar refractivity (Wildman–Crippen MR) is 78.6 cm³/mol. The Labute approximate surface area is 109 Å². The molecule has 0 bridgehead atoms. The molecule has 0 atom stereocenters. The molecule has 0 aromatic rings. The van der Waals surface area contributed by atoms with Crippen LogP contribution in [0.5, 0.6) is 0 Å². The number of unbranched alkanes of at least 4 members (excludes halogenated alkanes) is 6. The van der Waals surface area contributed by atoms with Gasteiger partial charge in [0, 0.05) is 18.6 Å². The standard InChI is InChI=1S/C15H34N2/c1-5-6-7-8-9-10-11-12-16-13-14-17-15(2,3)4/h16-17H,5-14H2,1-4H3.